The average Bonchev–Trinajstić information content (AvgIpc) is 2.97. The van der Waals surface area contributed by atoms with Crippen LogP contribution in [-0.2, 0) is 4.79 Å². The largest absolute Gasteiger partial charge is 0.338 e. The van der Waals surface area contributed by atoms with Crippen molar-refractivity contribution in [2.75, 3.05) is 19.6 Å². The Kier molecular flexibility index (Phi) is 5.30. The van der Waals surface area contributed by atoms with Gasteiger partial charge in [-0.05, 0) is 50.1 Å². The molecule has 1 fully saturated rings. The Hall–Kier alpha value is -1.68. The third-order valence-electron chi connectivity index (χ3n) is 3.58. The molecule has 4 heteroatoms. The average molecular weight is 276 g/mol. The summed E-state index contributed by atoms with van der Waals surface area (Å²) in [4.78, 5) is 14.0. The van der Waals surface area contributed by atoms with Crippen LogP contribution in [0.15, 0.2) is 30.3 Å². The van der Waals surface area contributed by atoms with Gasteiger partial charge in [0.15, 0.2) is 0 Å². The Balaban J connectivity index is 1.92. The number of carbonyl (C=O) groups is 1. The van der Waals surface area contributed by atoms with E-state index >= 15 is 0 Å². The molecule has 1 unspecified atom stereocenters. The van der Waals surface area contributed by atoms with Crippen molar-refractivity contribution in [1.29, 1.82) is 0 Å². The van der Waals surface area contributed by atoms with Gasteiger partial charge in [-0.1, -0.05) is 12.1 Å². The Bertz CT molecular complexity index is 464. The SMILES string of the molecule is CCN(CC1CCCN1)C(=O)/C=C/c1ccc(F)cc1. The van der Waals surface area contributed by atoms with Crippen molar-refractivity contribution in [3.63, 3.8) is 0 Å². The fourth-order valence-electron chi connectivity index (χ4n) is 2.40. The maximum atomic E-state index is 12.8. The smallest absolute Gasteiger partial charge is 0.246 e. The van der Waals surface area contributed by atoms with Crippen LogP contribution in [-0.4, -0.2) is 36.5 Å². The fourth-order valence-corrected chi connectivity index (χ4v) is 2.40. The molecule has 20 heavy (non-hydrogen) atoms. The van der Waals surface area contributed by atoms with Crippen molar-refractivity contribution in [1.82, 2.24) is 10.2 Å². The van der Waals surface area contributed by atoms with Gasteiger partial charge in [-0.3, -0.25) is 4.79 Å². The number of rotatable bonds is 5. The normalized spacial score (nSPS) is 18.6. The number of halogens is 1. The van der Waals surface area contributed by atoms with Crippen molar-refractivity contribution < 1.29 is 9.18 Å². The minimum atomic E-state index is -0.268. The second kappa shape index (κ2) is 7.20. The Morgan fingerprint density at radius 1 is 1.45 bits per heavy atom. The van der Waals surface area contributed by atoms with E-state index in [2.05, 4.69) is 5.32 Å². The van der Waals surface area contributed by atoms with Gasteiger partial charge in [0.1, 0.15) is 5.82 Å². The minimum Gasteiger partial charge on any atom is -0.338 e. The molecule has 0 bridgehead atoms. The molecule has 0 aliphatic carbocycles. The first kappa shape index (κ1) is 14.7. The number of benzene rings is 1. The van der Waals surface area contributed by atoms with Crippen molar-refractivity contribution >= 4 is 12.0 Å². The molecule has 1 saturated heterocycles. The quantitative estimate of drug-likeness (QED) is 0.838. The van der Waals surface area contributed by atoms with Gasteiger partial charge in [0, 0.05) is 25.2 Å². The van der Waals surface area contributed by atoms with E-state index in [1.54, 1.807) is 24.3 Å². The highest BCUT2D eigenvalue weighted by Gasteiger charge is 2.18. The predicted octanol–water partition coefficient (Wildman–Crippen LogP) is 2.44. The number of hydrogen-bond donors (Lipinski definition) is 1. The molecular weight excluding hydrogens is 255 g/mol. The van der Waals surface area contributed by atoms with Crippen LogP contribution in [0.25, 0.3) is 6.08 Å². The van der Waals surface area contributed by atoms with Crippen LogP contribution in [0.5, 0.6) is 0 Å². The van der Waals surface area contributed by atoms with Crippen LogP contribution in [0, 0.1) is 5.82 Å². The highest BCUT2D eigenvalue weighted by molar-refractivity contribution is 5.91. The van der Waals surface area contributed by atoms with E-state index in [9.17, 15) is 9.18 Å². The van der Waals surface area contributed by atoms with Crippen molar-refractivity contribution in [3.8, 4) is 0 Å². The number of amides is 1. The highest BCUT2D eigenvalue weighted by Crippen LogP contribution is 2.09. The Labute approximate surface area is 119 Å². The monoisotopic (exact) mass is 276 g/mol. The lowest BCUT2D eigenvalue weighted by atomic mass is 10.2. The summed E-state index contributed by atoms with van der Waals surface area (Å²) in [7, 11) is 0. The molecule has 0 aromatic heterocycles. The van der Waals surface area contributed by atoms with Gasteiger partial charge in [0.2, 0.25) is 5.91 Å². The number of likely N-dealkylation sites (N-methyl/N-ethyl adjacent to an activating group) is 1. The highest BCUT2D eigenvalue weighted by atomic mass is 19.1. The van der Waals surface area contributed by atoms with E-state index in [4.69, 9.17) is 0 Å². The summed E-state index contributed by atoms with van der Waals surface area (Å²) in [6.07, 6.45) is 5.60. The van der Waals surface area contributed by atoms with Gasteiger partial charge in [0.05, 0.1) is 0 Å². The summed E-state index contributed by atoms with van der Waals surface area (Å²) in [5, 5.41) is 3.40. The summed E-state index contributed by atoms with van der Waals surface area (Å²) in [6, 6.07) is 6.52. The standard InChI is InChI=1S/C16H21FN2O/c1-2-19(12-15-4-3-11-18-15)16(20)10-7-13-5-8-14(17)9-6-13/h5-10,15,18H,2-4,11-12H2,1H3/b10-7+. The van der Waals surface area contributed by atoms with Crippen LogP contribution in [0.2, 0.25) is 0 Å². The Morgan fingerprint density at radius 3 is 2.80 bits per heavy atom. The van der Waals surface area contributed by atoms with Crippen LogP contribution in [0.1, 0.15) is 25.3 Å². The van der Waals surface area contributed by atoms with Crippen molar-refractivity contribution in [2.45, 2.75) is 25.8 Å². The van der Waals surface area contributed by atoms with Crippen molar-refractivity contribution in [3.05, 3.63) is 41.7 Å². The fraction of sp³-hybridized carbons (Fsp3) is 0.438. The lowest BCUT2D eigenvalue weighted by Gasteiger charge is -2.23. The number of hydrogen-bond acceptors (Lipinski definition) is 2. The van der Waals surface area contributed by atoms with Gasteiger partial charge in [0.25, 0.3) is 0 Å². The van der Waals surface area contributed by atoms with Gasteiger partial charge in [-0.25, -0.2) is 4.39 Å². The summed E-state index contributed by atoms with van der Waals surface area (Å²) >= 11 is 0. The van der Waals surface area contributed by atoms with E-state index < -0.39 is 0 Å². The Morgan fingerprint density at radius 2 is 2.20 bits per heavy atom. The molecule has 0 radical (unpaired) electrons. The van der Waals surface area contributed by atoms with E-state index in [1.165, 1.54) is 18.6 Å². The first-order valence-corrected chi connectivity index (χ1v) is 7.15. The first-order chi connectivity index (χ1) is 9.69. The topological polar surface area (TPSA) is 32.3 Å². The molecule has 0 spiro atoms. The van der Waals surface area contributed by atoms with Gasteiger partial charge >= 0.3 is 0 Å². The second-order valence-electron chi connectivity index (χ2n) is 5.06. The molecule has 1 aromatic carbocycles. The predicted molar refractivity (Wildman–Crippen MR) is 78.7 cm³/mol. The molecule has 108 valence electrons. The molecule has 1 aliphatic rings. The number of nitrogens with one attached hydrogen (secondary N) is 1. The zero-order valence-electron chi connectivity index (χ0n) is 11.8. The second-order valence-corrected chi connectivity index (χ2v) is 5.06. The molecule has 1 aromatic rings. The van der Waals surface area contributed by atoms with E-state index in [0.29, 0.717) is 12.6 Å². The molecule has 1 N–H and O–H groups in total. The summed E-state index contributed by atoms with van der Waals surface area (Å²) in [5.74, 6) is -0.263. The number of carbonyl (C=O) groups excluding carboxylic acids is 1. The maximum absolute atomic E-state index is 12.8. The van der Waals surface area contributed by atoms with Crippen LogP contribution < -0.4 is 5.32 Å². The van der Waals surface area contributed by atoms with Crippen molar-refractivity contribution in [2.24, 2.45) is 0 Å². The molecule has 0 saturated carbocycles. The molecule has 3 nitrogen and oxygen atoms in total. The summed E-state index contributed by atoms with van der Waals surface area (Å²) in [5.41, 5.74) is 0.829. The summed E-state index contributed by atoms with van der Waals surface area (Å²) < 4.78 is 12.8. The third kappa shape index (κ3) is 4.17. The van der Waals surface area contributed by atoms with Crippen LogP contribution in [0.3, 0.4) is 0 Å². The zero-order valence-corrected chi connectivity index (χ0v) is 11.8. The maximum Gasteiger partial charge on any atom is 0.246 e. The minimum absolute atomic E-state index is 0.00512. The third-order valence-corrected chi connectivity index (χ3v) is 3.58. The van der Waals surface area contributed by atoms with E-state index in [-0.39, 0.29) is 11.7 Å². The summed E-state index contributed by atoms with van der Waals surface area (Å²) in [6.45, 7) is 4.48. The van der Waals surface area contributed by atoms with Crippen LogP contribution >= 0.6 is 0 Å². The molecule has 1 heterocycles. The molecule has 1 aliphatic heterocycles. The molecule has 1 amide bonds. The lowest BCUT2D eigenvalue weighted by molar-refractivity contribution is -0.126. The molecule has 1 atom stereocenters. The zero-order chi connectivity index (χ0) is 14.4. The lowest BCUT2D eigenvalue weighted by Crippen LogP contribution is -2.40. The molecular formula is C16H21FN2O. The van der Waals surface area contributed by atoms with Gasteiger partial charge < -0.3 is 10.2 Å². The van der Waals surface area contributed by atoms with Gasteiger partial charge in [-0.15, -0.1) is 0 Å². The first-order valence-electron chi connectivity index (χ1n) is 7.15. The van der Waals surface area contributed by atoms with Crippen LogP contribution in [0.4, 0.5) is 4.39 Å². The molecule has 2 rings (SSSR count). The van der Waals surface area contributed by atoms with Gasteiger partial charge in [-0.2, -0.15) is 0 Å². The number of nitrogens with zero attached hydrogens (tertiary/aromatic N) is 1. The van der Waals surface area contributed by atoms with E-state index in [1.807, 2.05) is 11.8 Å². The van der Waals surface area contributed by atoms with E-state index in [0.717, 1.165) is 25.1 Å².